The topological polar surface area (TPSA) is 63.1 Å². The van der Waals surface area contributed by atoms with Gasteiger partial charge in [-0.05, 0) is 18.8 Å². The molecule has 1 heterocycles. The van der Waals surface area contributed by atoms with Crippen molar-refractivity contribution in [2.24, 2.45) is 0 Å². The molecule has 4 nitrogen and oxygen atoms in total. The van der Waals surface area contributed by atoms with Crippen molar-refractivity contribution in [3.63, 3.8) is 0 Å². The summed E-state index contributed by atoms with van der Waals surface area (Å²) in [4.78, 5) is 19.8. The smallest absolute Gasteiger partial charge is 0.339 e. The van der Waals surface area contributed by atoms with Gasteiger partial charge in [0.05, 0.1) is 17.0 Å². The molecule has 0 aromatic carbocycles. The number of aromatic nitrogens is 2. The monoisotopic (exact) mass is 294 g/mol. The zero-order chi connectivity index (χ0) is 14.5. The van der Waals surface area contributed by atoms with Gasteiger partial charge in [-0.1, -0.05) is 33.1 Å². The van der Waals surface area contributed by atoms with E-state index >= 15 is 0 Å². The van der Waals surface area contributed by atoms with Gasteiger partial charge in [0.2, 0.25) is 0 Å². The van der Waals surface area contributed by atoms with Crippen molar-refractivity contribution in [1.82, 2.24) is 9.97 Å². The molecule has 0 radical (unpaired) electrons. The Hall–Kier alpha value is -1.10. The van der Waals surface area contributed by atoms with E-state index in [1.807, 2.05) is 25.6 Å². The lowest BCUT2D eigenvalue weighted by atomic mass is 10.0. The van der Waals surface area contributed by atoms with E-state index in [9.17, 15) is 4.79 Å². The first-order valence-electron chi connectivity index (χ1n) is 7.28. The van der Waals surface area contributed by atoms with Crippen LogP contribution in [0.5, 0.6) is 0 Å². The van der Waals surface area contributed by atoms with Crippen LogP contribution in [0.2, 0.25) is 0 Å². The van der Waals surface area contributed by atoms with Crippen LogP contribution >= 0.6 is 11.8 Å². The van der Waals surface area contributed by atoms with Crippen LogP contribution in [-0.2, 0) is 5.75 Å². The zero-order valence-corrected chi connectivity index (χ0v) is 12.9. The second-order valence-corrected chi connectivity index (χ2v) is 6.90. The predicted molar refractivity (Wildman–Crippen MR) is 81.2 cm³/mol. The maximum Gasteiger partial charge on any atom is 0.339 e. The number of carboxylic acids is 1. The molecule has 1 aromatic rings. The molecule has 0 atom stereocenters. The fraction of sp³-hybridized carbons (Fsp3) is 0.667. The Morgan fingerprint density at radius 1 is 1.40 bits per heavy atom. The van der Waals surface area contributed by atoms with Crippen molar-refractivity contribution < 1.29 is 9.90 Å². The molecule has 0 unspecified atom stereocenters. The van der Waals surface area contributed by atoms with E-state index in [0.29, 0.717) is 10.9 Å². The molecule has 5 heteroatoms. The third-order valence-corrected chi connectivity index (χ3v) is 5.01. The number of carboxylic acid groups (broad SMARTS) is 1. The summed E-state index contributed by atoms with van der Waals surface area (Å²) in [5, 5.41) is 9.87. The number of carbonyl (C=O) groups is 1. The SMILES string of the molecule is CC(C)c1nc(CSC2CCCCC2)ncc1C(=O)O. The van der Waals surface area contributed by atoms with Crippen LogP contribution in [-0.4, -0.2) is 26.3 Å². The van der Waals surface area contributed by atoms with E-state index in [1.54, 1.807) is 0 Å². The first-order chi connectivity index (χ1) is 9.58. The first kappa shape index (κ1) is 15.3. The second kappa shape index (κ2) is 7.07. The molecule has 0 aliphatic heterocycles. The number of thioether (sulfide) groups is 1. The molecule has 20 heavy (non-hydrogen) atoms. The van der Waals surface area contributed by atoms with Gasteiger partial charge in [0.15, 0.2) is 0 Å². The highest BCUT2D eigenvalue weighted by atomic mass is 32.2. The molecule has 0 amide bonds. The van der Waals surface area contributed by atoms with Crippen LogP contribution in [0.15, 0.2) is 6.20 Å². The Bertz CT molecular complexity index is 471. The van der Waals surface area contributed by atoms with E-state index in [0.717, 1.165) is 11.6 Å². The largest absolute Gasteiger partial charge is 0.478 e. The molecule has 0 spiro atoms. The molecule has 1 saturated carbocycles. The predicted octanol–water partition coefficient (Wildman–Crippen LogP) is 3.86. The fourth-order valence-corrected chi connectivity index (χ4v) is 3.72. The van der Waals surface area contributed by atoms with Crippen LogP contribution in [0.1, 0.15) is 73.7 Å². The summed E-state index contributed by atoms with van der Waals surface area (Å²) in [6.45, 7) is 3.93. The lowest BCUT2D eigenvalue weighted by Gasteiger charge is -2.20. The van der Waals surface area contributed by atoms with Gasteiger partial charge >= 0.3 is 5.97 Å². The maximum absolute atomic E-state index is 11.2. The number of nitrogens with zero attached hydrogens (tertiary/aromatic N) is 2. The van der Waals surface area contributed by atoms with Crippen LogP contribution in [0.3, 0.4) is 0 Å². The van der Waals surface area contributed by atoms with E-state index in [1.165, 1.54) is 38.3 Å². The Labute approximate surface area is 124 Å². The Morgan fingerprint density at radius 3 is 2.70 bits per heavy atom. The summed E-state index contributed by atoms with van der Waals surface area (Å²) in [7, 11) is 0. The molecule has 1 aliphatic rings. The summed E-state index contributed by atoms with van der Waals surface area (Å²) in [5.41, 5.74) is 0.873. The maximum atomic E-state index is 11.2. The molecule has 1 N–H and O–H groups in total. The molecule has 2 rings (SSSR count). The van der Waals surface area contributed by atoms with Gasteiger partial charge in [-0.3, -0.25) is 0 Å². The van der Waals surface area contributed by atoms with Gasteiger partial charge in [0, 0.05) is 11.4 Å². The van der Waals surface area contributed by atoms with Gasteiger partial charge < -0.3 is 5.11 Å². The highest BCUT2D eigenvalue weighted by Crippen LogP contribution is 2.30. The quantitative estimate of drug-likeness (QED) is 0.893. The van der Waals surface area contributed by atoms with E-state index < -0.39 is 5.97 Å². The molecule has 1 fully saturated rings. The third-order valence-electron chi connectivity index (χ3n) is 3.65. The van der Waals surface area contributed by atoms with Gasteiger partial charge in [0.1, 0.15) is 5.82 Å². The van der Waals surface area contributed by atoms with E-state index in [2.05, 4.69) is 9.97 Å². The van der Waals surface area contributed by atoms with E-state index in [4.69, 9.17) is 5.11 Å². The fourth-order valence-electron chi connectivity index (χ4n) is 2.53. The highest BCUT2D eigenvalue weighted by molar-refractivity contribution is 7.99. The molecule has 0 bridgehead atoms. The minimum Gasteiger partial charge on any atom is -0.478 e. The van der Waals surface area contributed by atoms with Gasteiger partial charge in [-0.25, -0.2) is 14.8 Å². The summed E-state index contributed by atoms with van der Waals surface area (Å²) in [6.07, 6.45) is 8.05. The zero-order valence-electron chi connectivity index (χ0n) is 12.1. The number of hydrogen-bond acceptors (Lipinski definition) is 4. The molecule has 1 aliphatic carbocycles. The first-order valence-corrected chi connectivity index (χ1v) is 8.33. The standard InChI is InChI=1S/C15H22N2O2S/c1-10(2)14-12(15(18)19)8-16-13(17-14)9-20-11-6-4-3-5-7-11/h8,10-11H,3-7,9H2,1-2H3,(H,18,19). The minimum absolute atomic E-state index is 0.0996. The average molecular weight is 294 g/mol. The summed E-state index contributed by atoms with van der Waals surface area (Å²) < 4.78 is 0. The normalized spacial score (nSPS) is 16.6. The van der Waals surface area contributed by atoms with Crippen molar-refractivity contribution >= 4 is 17.7 Å². The lowest BCUT2D eigenvalue weighted by Crippen LogP contribution is -2.12. The number of rotatable bonds is 5. The molecule has 1 aromatic heterocycles. The van der Waals surface area contributed by atoms with Crippen LogP contribution in [0.25, 0.3) is 0 Å². The molecular formula is C15H22N2O2S. The molecule has 110 valence electrons. The number of hydrogen-bond donors (Lipinski definition) is 1. The summed E-state index contributed by atoms with van der Waals surface area (Å²) in [6, 6.07) is 0. The lowest BCUT2D eigenvalue weighted by molar-refractivity contribution is 0.0694. The van der Waals surface area contributed by atoms with Crippen molar-refractivity contribution in [1.29, 1.82) is 0 Å². The Kier molecular flexibility index (Phi) is 5.40. The third kappa shape index (κ3) is 3.95. The second-order valence-electron chi connectivity index (χ2n) is 5.62. The summed E-state index contributed by atoms with van der Waals surface area (Å²) in [5.74, 6) is 0.696. The van der Waals surface area contributed by atoms with Crippen LogP contribution in [0.4, 0.5) is 0 Å². The highest BCUT2D eigenvalue weighted by Gasteiger charge is 2.18. The number of aromatic carboxylic acids is 1. The Balaban J connectivity index is 2.04. The van der Waals surface area contributed by atoms with Gasteiger partial charge in [0.25, 0.3) is 0 Å². The van der Waals surface area contributed by atoms with Gasteiger partial charge in [-0.2, -0.15) is 11.8 Å². The van der Waals surface area contributed by atoms with E-state index in [-0.39, 0.29) is 11.5 Å². The van der Waals surface area contributed by atoms with Gasteiger partial charge in [-0.15, -0.1) is 0 Å². The summed E-state index contributed by atoms with van der Waals surface area (Å²) >= 11 is 1.91. The van der Waals surface area contributed by atoms with Crippen molar-refractivity contribution in [3.8, 4) is 0 Å². The Morgan fingerprint density at radius 2 is 2.10 bits per heavy atom. The van der Waals surface area contributed by atoms with Crippen LogP contribution in [0, 0.1) is 0 Å². The minimum atomic E-state index is -0.944. The average Bonchev–Trinajstić information content (AvgIpc) is 2.45. The van der Waals surface area contributed by atoms with Crippen molar-refractivity contribution in [2.45, 2.75) is 62.9 Å². The van der Waals surface area contributed by atoms with Crippen molar-refractivity contribution in [3.05, 3.63) is 23.3 Å². The molecular weight excluding hydrogens is 272 g/mol. The van der Waals surface area contributed by atoms with Crippen LogP contribution < -0.4 is 0 Å². The van der Waals surface area contributed by atoms with Crippen molar-refractivity contribution in [2.75, 3.05) is 0 Å². The molecule has 0 saturated heterocycles.